The van der Waals surface area contributed by atoms with Crippen LogP contribution in [-0.4, -0.2) is 59.3 Å². The third kappa shape index (κ3) is 40.4. The van der Waals surface area contributed by atoms with Gasteiger partial charge >= 0.3 is 11.9 Å². The molecule has 2 amide bonds. The molecule has 0 fully saturated rings. The van der Waals surface area contributed by atoms with Crippen LogP contribution in [0.1, 0.15) is 251 Å². The number of ether oxygens (including phenoxy) is 1. The van der Waals surface area contributed by atoms with Crippen LogP contribution in [0.2, 0.25) is 0 Å². The summed E-state index contributed by atoms with van der Waals surface area (Å²) in [6, 6.07) is -1.38. The van der Waals surface area contributed by atoms with Gasteiger partial charge in [0, 0.05) is 12.8 Å². The monoisotopic (exact) mass is 821 g/mol. The number of aliphatic carboxylic acids is 1. The fraction of sp³-hybridized carbons (Fsp3) is 0.878. The van der Waals surface area contributed by atoms with E-state index in [4.69, 9.17) is 14.9 Å². The van der Waals surface area contributed by atoms with Crippen LogP contribution in [0.25, 0.3) is 0 Å². The lowest BCUT2D eigenvalue weighted by Crippen LogP contribution is -2.47. The first-order chi connectivity index (χ1) is 28.3. The number of allylic oxidation sites excluding steroid dienone is 2. The molecule has 0 saturated carbocycles. The highest BCUT2D eigenvalue weighted by molar-refractivity contribution is 5.87. The minimum atomic E-state index is -1.38. The first-order valence-corrected chi connectivity index (χ1v) is 24.6. The number of aliphatic hydroxyl groups is 1. The van der Waals surface area contributed by atoms with Crippen LogP contribution in [-0.2, 0) is 23.9 Å². The summed E-state index contributed by atoms with van der Waals surface area (Å²) in [6.45, 7) is 3.51. The Morgan fingerprint density at radius 1 is 0.500 bits per heavy atom. The van der Waals surface area contributed by atoms with E-state index in [0.717, 1.165) is 70.6 Å². The highest BCUT2D eigenvalue weighted by Crippen LogP contribution is 2.19. The molecular weight excluding hydrogens is 729 g/mol. The van der Waals surface area contributed by atoms with E-state index < -0.39 is 24.5 Å². The number of esters is 1. The van der Waals surface area contributed by atoms with E-state index in [9.17, 15) is 19.2 Å². The van der Waals surface area contributed by atoms with Gasteiger partial charge in [0.25, 0.3) is 0 Å². The van der Waals surface area contributed by atoms with E-state index in [1.54, 1.807) is 0 Å². The summed E-state index contributed by atoms with van der Waals surface area (Å²) in [5.74, 6) is -2.29. The maximum Gasteiger partial charge on any atom is 0.328 e. The molecule has 58 heavy (non-hydrogen) atoms. The van der Waals surface area contributed by atoms with Gasteiger partial charge in [-0.3, -0.25) is 14.4 Å². The van der Waals surface area contributed by atoms with Gasteiger partial charge in [-0.05, 0) is 57.8 Å². The molecule has 0 radical (unpaired) electrons. The van der Waals surface area contributed by atoms with Gasteiger partial charge in [-0.15, -0.1) is 0 Å². The Balaban J connectivity index is 4.28. The maximum atomic E-state index is 12.8. The molecule has 9 nitrogen and oxygen atoms in total. The Bertz CT molecular complexity index is 988. The van der Waals surface area contributed by atoms with Gasteiger partial charge in [-0.1, -0.05) is 193 Å². The average Bonchev–Trinajstić information content (AvgIpc) is 3.21. The van der Waals surface area contributed by atoms with Crippen molar-refractivity contribution in [1.29, 1.82) is 0 Å². The van der Waals surface area contributed by atoms with Crippen molar-refractivity contribution in [3.63, 3.8) is 0 Å². The van der Waals surface area contributed by atoms with Gasteiger partial charge in [0.1, 0.15) is 12.1 Å². The summed E-state index contributed by atoms with van der Waals surface area (Å²) in [5.41, 5.74) is 0. The van der Waals surface area contributed by atoms with Gasteiger partial charge in [0.15, 0.2) is 0 Å². The smallest absolute Gasteiger partial charge is 0.328 e. The molecule has 0 aromatic rings. The summed E-state index contributed by atoms with van der Waals surface area (Å²) in [6.07, 6.45) is 48.2. The number of carbonyl (C=O) groups is 4. The fourth-order valence-electron chi connectivity index (χ4n) is 7.48. The van der Waals surface area contributed by atoms with Crippen molar-refractivity contribution in [2.45, 2.75) is 264 Å². The molecular formula is C49H92N2O7. The molecule has 0 aliphatic rings. The van der Waals surface area contributed by atoms with Crippen LogP contribution in [0.5, 0.6) is 0 Å². The van der Waals surface area contributed by atoms with E-state index >= 15 is 0 Å². The van der Waals surface area contributed by atoms with E-state index in [1.165, 1.54) is 148 Å². The number of carbonyl (C=O) groups excluding carboxylic acids is 3. The molecule has 0 aliphatic carbocycles. The molecule has 0 spiro atoms. The van der Waals surface area contributed by atoms with Crippen LogP contribution in [0.3, 0.4) is 0 Å². The quantitative estimate of drug-likeness (QED) is 0.0272. The summed E-state index contributed by atoms with van der Waals surface area (Å²) in [7, 11) is 0. The molecule has 0 bridgehead atoms. The van der Waals surface area contributed by atoms with E-state index in [-0.39, 0.29) is 24.5 Å². The molecule has 0 saturated heterocycles. The van der Waals surface area contributed by atoms with Gasteiger partial charge < -0.3 is 25.6 Å². The maximum absolute atomic E-state index is 12.8. The predicted molar refractivity (Wildman–Crippen MR) is 241 cm³/mol. The molecule has 4 N–H and O–H groups in total. The first kappa shape index (κ1) is 55.6. The van der Waals surface area contributed by atoms with Crippen molar-refractivity contribution in [3.8, 4) is 0 Å². The normalized spacial score (nSPS) is 12.5. The predicted octanol–water partition coefficient (Wildman–Crippen LogP) is 12.6. The zero-order chi connectivity index (χ0) is 42.6. The number of nitrogens with one attached hydrogen (secondary N) is 2. The zero-order valence-electron chi connectivity index (χ0n) is 37.8. The molecule has 340 valence electrons. The van der Waals surface area contributed by atoms with Gasteiger partial charge in [-0.25, -0.2) is 4.79 Å². The third-order valence-corrected chi connectivity index (χ3v) is 11.3. The lowest BCUT2D eigenvalue weighted by atomic mass is 10.0. The van der Waals surface area contributed by atoms with Crippen LogP contribution in [0.4, 0.5) is 0 Å². The molecule has 9 heteroatoms. The summed E-state index contributed by atoms with van der Waals surface area (Å²) in [5, 5.41) is 22.6. The summed E-state index contributed by atoms with van der Waals surface area (Å²) >= 11 is 0. The molecule has 0 heterocycles. The van der Waals surface area contributed by atoms with Gasteiger partial charge in [-0.2, -0.15) is 0 Å². The Morgan fingerprint density at radius 2 is 0.897 bits per heavy atom. The largest absolute Gasteiger partial charge is 0.480 e. The second kappa shape index (κ2) is 44.1. The fourth-order valence-corrected chi connectivity index (χ4v) is 7.48. The van der Waals surface area contributed by atoms with Crippen molar-refractivity contribution in [3.05, 3.63) is 12.2 Å². The summed E-state index contributed by atoms with van der Waals surface area (Å²) in [4.78, 5) is 47.7. The van der Waals surface area contributed by atoms with E-state index in [1.807, 2.05) is 0 Å². The summed E-state index contributed by atoms with van der Waals surface area (Å²) < 4.78 is 6.04. The second-order valence-corrected chi connectivity index (χ2v) is 16.9. The van der Waals surface area contributed by atoms with Crippen LogP contribution >= 0.6 is 0 Å². The van der Waals surface area contributed by atoms with Crippen molar-refractivity contribution in [2.24, 2.45) is 0 Å². The highest BCUT2D eigenvalue weighted by Gasteiger charge is 2.19. The number of unbranched alkanes of at least 4 members (excludes halogenated alkanes) is 29. The molecule has 2 atom stereocenters. The van der Waals surface area contributed by atoms with Crippen molar-refractivity contribution in [1.82, 2.24) is 10.6 Å². The SMILES string of the molecule is CCCCCCCCCC/C=C\CCCC(CCCCCCCC(=O)NCC(=O)NC(CO)C(=O)O)OC(=O)CCCCCCCCCCCCCCCCCCC. The number of carboxylic acids is 1. The lowest BCUT2D eigenvalue weighted by Gasteiger charge is -2.18. The number of amides is 2. The van der Waals surface area contributed by atoms with Crippen LogP contribution in [0, 0.1) is 0 Å². The first-order valence-electron chi connectivity index (χ1n) is 24.6. The van der Waals surface area contributed by atoms with E-state index in [0.29, 0.717) is 19.3 Å². The van der Waals surface area contributed by atoms with Crippen molar-refractivity contribution >= 4 is 23.8 Å². The Labute approximate surface area is 356 Å². The molecule has 2 unspecified atom stereocenters. The standard InChI is InChI=1S/C49H92N2O7/c1-3-5-7-9-11-13-15-17-18-19-20-22-24-26-28-33-37-41-48(55)58-44(38-34-30-27-25-23-21-16-14-12-10-8-6-4-2)39-35-31-29-32-36-40-46(53)50-42-47(54)51-45(43-52)49(56)57/h25,27,44-45,52H,3-24,26,28-43H2,1-2H3,(H,50,53)(H,51,54)(H,56,57)/b27-25-. The minimum absolute atomic E-state index is 0.0390. The van der Waals surface area contributed by atoms with Crippen molar-refractivity contribution in [2.75, 3.05) is 13.2 Å². The lowest BCUT2D eigenvalue weighted by molar-refractivity contribution is -0.150. The number of carboxylic acid groups (broad SMARTS) is 1. The highest BCUT2D eigenvalue weighted by atomic mass is 16.5. The van der Waals surface area contributed by atoms with Gasteiger partial charge in [0.05, 0.1) is 13.2 Å². The Hall–Kier alpha value is -2.42. The molecule has 0 aromatic carbocycles. The molecule has 0 rings (SSSR count). The van der Waals surface area contributed by atoms with Crippen LogP contribution < -0.4 is 10.6 Å². The van der Waals surface area contributed by atoms with Crippen molar-refractivity contribution < 1.29 is 34.1 Å². The average molecular weight is 821 g/mol. The topological polar surface area (TPSA) is 142 Å². The molecule has 0 aliphatic heterocycles. The van der Waals surface area contributed by atoms with Crippen LogP contribution in [0.15, 0.2) is 12.2 Å². The van der Waals surface area contributed by atoms with E-state index in [2.05, 4.69) is 36.6 Å². The number of hydrogen-bond acceptors (Lipinski definition) is 6. The molecule has 0 aromatic heterocycles. The number of aliphatic hydroxyl groups excluding tert-OH is 1. The Morgan fingerprint density at radius 3 is 1.36 bits per heavy atom. The third-order valence-electron chi connectivity index (χ3n) is 11.3. The zero-order valence-corrected chi connectivity index (χ0v) is 37.8. The Kier molecular flexibility index (Phi) is 42.3. The minimum Gasteiger partial charge on any atom is -0.480 e. The second-order valence-electron chi connectivity index (χ2n) is 16.9. The number of hydrogen-bond donors (Lipinski definition) is 4. The van der Waals surface area contributed by atoms with Gasteiger partial charge in [0.2, 0.25) is 11.8 Å². The number of rotatable bonds is 45.